The lowest BCUT2D eigenvalue weighted by molar-refractivity contribution is 0.0979. The lowest BCUT2D eigenvalue weighted by Crippen LogP contribution is -2.22. The van der Waals surface area contributed by atoms with Gasteiger partial charge in [0.15, 0.2) is 11.6 Å². The molecule has 232 valence electrons. The molecule has 0 atom stereocenters. The van der Waals surface area contributed by atoms with Crippen LogP contribution in [0.15, 0.2) is 28.7 Å². The van der Waals surface area contributed by atoms with Crippen LogP contribution in [0.5, 0.6) is 0 Å². The molecule has 0 fully saturated rings. The van der Waals surface area contributed by atoms with E-state index in [4.69, 9.17) is 0 Å². The average molecular weight is 750 g/mol. The third-order valence-electron chi connectivity index (χ3n) is 8.98. The molecule has 0 spiro atoms. The lowest BCUT2D eigenvalue weighted by Gasteiger charge is -2.21. The molecule has 2 aromatic rings. The molecule has 1 aliphatic carbocycles. The van der Waals surface area contributed by atoms with Crippen LogP contribution in [-0.4, -0.2) is 11.6 Å². The standard InChI is InChI=1S/C38H54BrIO2/c1-3-5-7-9-11-13-15-17-19-21-23-29-25-31-32(38(42)34-28-36(40)35(39)27-33(34)37(31)41)26-30(29)24-22-20-18-16-14-12-10-8-6-4-2/h25-28H,3-24H2,1-2H3. The lowest BCUT2D eigenvalue weighted by atomic mass is 9.81. The van der Waals surface area contributed by atoms with Crippen LogP contribution in [0.1, 0.15) is 185 Å². The van der Waals surface area contributed by atoms with E-state index in [1.54, 1.807) is 0 Å². The molecule has 2 aromatic carbocycles. The fourth-order valence-corrected chi connectivity index (χ4v) is 7.16. The molecule has 0 saturated heterocycles. The Bertz CT molecular complexity index is 1050. The second-order valence-electron chi connectivity index (χ2n) is 12.5. The second kappa shape index (κ2) is 20.1. The highest BCUT2D eigenvalue weighted by molar-refractivity contribution is 14.1. The zero-order valence-corrected chi connectivity index (χ0v) is 30.2. The number of hydrogen-bond acceptors (Lipinski definition) is 2. The van der Waals surface area contributed by atoms with E-state index in [1.165, 1.54) is 127 Å². The summed E-state index contributed by atoms with van der Waals surface area (Å²) in [6.45, 7) is 4.55. The van der Waals surface area contributed by atoms with Crippen LogP contribution in [0.25, 0.3) is 0 Å². The van der Waals surface area contributed by atoms with Gasteiger partial charge in [0.05, 0.1) is 0 Å². The summed E-state index contributed by atoms with van der Waals surface area (Å²) in [7, 11) is 0. The van der Waals surface area contributed by atoms with Crippen molar-refractivity contribution in [3.8, 4) is 0 Å². The zero-order chi connectivity index (χ0) is 30.2. The number of aryl methyl sites for hydroxylation is 2. The first-order valence-corrected chi connectivity index (χ1v) is 19.1. The summed E-state index contributed by atoms with van der Waals surface area (Å²) in [6, 6.07) is 7.87. The van der Waals surface area contributed by atoms with E-state index >= 15 is 0 Å². The number of carbonyl (C=O) groups excluding carboxylic acids is 2. The predicted molar refractivity (Wildman–Crippen MR) is 191 cm³/mol. The molecule has 0 amide bonds. The van der Waals surface area contributed by atoms with Gasteiger partial charge in [0.2, 0.25) is 0 Å². The van der Waals surface area contributed by atoms with Crippen LogP contribution in [0, 0.1) is 3.57 Å². The van der Waals surface area contributed by atoms with Gasteiger partial charge in [-0.2, -0.15) is 0 Å². The summed E-state index contributed by atoms with van der Waals surface area (Å²) >= 11 is 5.78. The molecule has 1 aliphatic rings. The minimum atomic E-state index is -0.00786. The molecule has 0 N–H and O–H groups in total. The van der Waals surface area contributed by atoms with Gasteiger partial charge >= 0.3 is 0 Å². The van der Waals surface area contributed by atoms with E-state index in [-0.39, 0.29) is 11.6 Å². The molecular weight excluding hydrogens is 695 g/mol. The van der Waals surface area contributed by atoms with Gasteiger partial charge < -0.3 is 0 Å². The van der Waals surface area contributed by atoms with Gasteiger partial charge in [0, 0.05) is 30.3 Å². The summed E-state index contributed by atoms with van der Waals surface area (Å²) in [5.74, 6) is -0.00802. The Morgan fingerprint density at radius 3 is 1.17 bits per heavy atom. The van der Waals surface area contributed by atoms with Crippen molar-refractivity contribution in [1.29, 1.82) is 0 Å². The summed E-state index contributed by atoms with van der Waals surface area (Å²) in [5, 5.41) is 0. The van der Waals surface area contributed by atoms with Crippen molar-refractivity contribution in [2.24, 2.45) is 0 Å². The third-order valence-corrected chi connectivity index (χ3v) is 11.3. The topological polar surface area (TPSA) is 34.1 Å². The molecule has 0 saturated carbocycles. The van der Waals surface area contributed by atoms with Crippen LogP contribution in [-0.2, 0) is 12.8 Å². The van der Waals surface area contributed by atoms with Crippen molar-refractivity contribution >= 4 is 50.1 Å². The first-order chi connectivity index (χ1) is 20.5. The van der Waals surface area contributed by atoms with Crippen LogP contribution in [0.4, 0.5) is 0 Å². The minimum Gasteiger partial charge on any atom is -0.289 e. The molecule has 42 heavy (non-hydrogen) atoms. The van der Waals surface area contributed by atoms with E-state index in [9.17, 15) is 9.59 Å². The van der Waals surface area contributed by atoms with Crippen molar-refractivity contribution in [3.05, 3.63) is 65.7 Å². The molecule has 4 heteroatoms. The highest BCUT2D eigenvalue weighted by atomic mass is 127. The van der Waals surface area contributed by atoms with E-state index in [0.717, 1.165) is 33.7 Å². The summed E-state index contributed by atoms with van der Waals surface area (Å²) in [6.07, 6.45) is 28.4. The van der Waals surface area contributed by atoms with Gasteiger partial charge in [-0.1, -0.05) is 129 Å². The van der Waals surface area contributed by atoms with E-state index in [2.05, 4.69) is 64.5 Å². The maximum atomic E-state index is 13.6. The Morgan fingerprint density at radius 1 is 0.476 bits per heavy atom. The summed E-state index contributed by atoms with van der Waals surface area (Å²) in [5.41, 5.74) is 4.88. The quantitative estimate of drug-likeness (QED) is 0.0757. The van der Waals surface area contributed by atoms with Crippen LogP contribution in [0.3, 0.4) is 0 Å². The van der Waals surface area contributed by atoms with Crippen molar-refractivity contribution in [2.75, 3.05) is 0 Å². The van der Waals surface area contributed by atoms with Crippen LogP contribution < -0.4 is 0 Å². The molecule has 3 rings (SSSR count). The van der Waals surface area contributed by atoms with E-state index < -0.39 is 0 Å². The van der Waals surface area contributed by atoms with Crippen LogP contribution >= 0.6 is 38.5 Å². The Morgan fingerprint density at radius 2 is 0.786 bits per heavy atom. The highest BCUT2D eigenvalue weighted by Crippen LogP contribution is 2.34. The minimum absolute atomic E-state index is 0.000161. The number of carbonyl (C=O) groups is 2. The van der Waals surface area contributed by atoms with Gasteiger partial charge in [0.25, 0.3) is 0 Å². The van der Waals surface area contributed by atoms with Crippen LogP contribution in [0.2, 0.25) is 0 Å². The maximum absolute atomic E-state index is 13.6. The zero-order valence-electron chi connectivity index (χ0n) is 26.4. The van der Waals surface area contributed by atoms with Gasteiger partial charge in [-0.3, -0.25) is 9.59 Å². The number of unbranched alkanes of at least 4 members (excludes halogenated alkanes) is 18. The fourth-order valence-electron chi connectivity index (χ4n) is 6.35. The van der Waals surface area contributed by atoms with Gasteiger partial charge in [-0.05, 0) is 99.6 Å². The normalized spacial score (nSPS) is 12.6. The molecule has 0 aromatic heterocycles. The summed E-state index contributed by atoms with van der Waals surface area (Å²) in [4.78, 5) is 27.2. The second-order valence-corrected chi connectivity index (χ2v) is 14.5. The average Bonchev–Trinajstić information content (AvgIpc) is 2.99. The third kappa shape index (κ3) is 11.2. The number of fused-ring (bicyclic) bond motifs is 2. The van der Waals surface area contributed by atoms with Gasteiger partial charge in [-0.15, -0.1) is 0 Å². The molecule has 0 bridgehead atoms. The number of halogens is 2. The number of benzene rings is 2. The predicted octanol–water partition coefficient (Wildman–Crippen LogP) is 12.8. The highest BCUT2D eigenvalue weighted by Gasteiger charge is 2.31. The summed E-state index contributed by atoms with van der Waals surface area (Å²) < 4.78 is 1.83. The van der Waals surface area contributed by atoms with Gasteiger partial charge in [-0.25, -0.2) is 0 Å². The first-order valence-electron chi connectivity index (χ1n) is 17.2. The Labute approximate surface area is 278 Å². The smallest absolute Gasteiger partial charge is 0.194 e. The van der Waals surface area contributed by atoms with E-state index in [1.807, 2.05) is 12.1 Å². The first kappa shape index (κ1) is 35.5. The molecule has 0 heterocycles. The SMILES string of the molecule is CCCCCCCCCCCCc1cc2c(cc1CCCCCCCCCCCC)C(=O)c1cc(I)c(Br)cc1C2=O. The van der Waals surface area contributed by atoms with Crippen molar-refractivity contribution in [1.82, 2.24) is 0 Å². The fraction of sp³-hybridized carbons (Fsp3) is 0.632. The monoisotopic (exact) mass is 748 g/mol. The molecule has 0 unspecified atom stereocenters. The molecular formula is C38H54BrIO2. The molecule has 2 nitrogen and oxygen atoms in total. The van der Waals surface area contributed by atoms with Crippen molar-refractivity contribution < 1.29 is 9.59 Å². The Balaban J connectivity index is 1.60. The Hall–Kier alpha value is -1.01. The number of rotatable bonds is 22. The molecule has 0 radical (unpaired) electrons. The van der Waals surface area contributed by atoms with Gasteiger partial charge in [0.1, 0.15) is 0 Å². The number of ketones is 2. The largest absolute Gasteiger partial charge is 0.289 e. The Kier molecular flexibility index (Phi) is 17.0. The maximum Gasteiger partial charge on any atom is 0.194 e. The number of hydrogen-bond donors (Lipinski definition) is 0. The van der Waals surface area contributed by atoms with E-state index in [0.29, 0.717) is 22.3 Å². The van der Waals surface area contributed by atoms with Crippen molar-refractivity contribution in [3.63, 3.8) is 0 Å². The van der Waals surface area contributed by atoms with Crippen molar-refractivity contribution in [2.45, 2.75) is 155 Å². The molecule has 0 aliphatic heterocycles.